The first-order chi connectivity index (χ1) is 10.3. The minimum absolute atomic E-state index is 0.239. The fourth-order valence-corrected chi connectivity index (χ4v) is 3.36. The number of hydrogen-bond acceptors (Lipinski definition) is 4. The van der Waals surface area contributed by atoms with E-state index >= 15 is 0 Å². The molecule has 1 saturated carbocycles. The first-order valence-corrected chi connectivity index (χ1v) is 8.03. The summed E-state index contributed by atoms with van der Waals surface area (Å²) in [5.41, 5.74) is 10.2. The first kappa shape index (κ1) is 16.7. The first-order valence-electron chi connectivity index (χ1n) is 8.03. The Balaban J connectivity index is 2.12. The third-order valence-electron chi connectivity index (χ3n) is 4.64. The van der Waals surface area contributed by atoms with Crippen molar-refractivity contribution in [3.8, 4) is 0 Å². The Labute approximate surface area is 133 Å². The van der Waals surface area contributed by atoms with Crippen LogP contribution in [0, 0.1) is 12.3 Å². The molecule has 1 atom stereocenters. The van der Waals surface area contributed by atoms with Crippen LogP contribution in [-0.4, -0.2) is 19.1 Å². The second kappa shape index (κ2) is 6.59. The minimum Gasteiger partial charge on any atom is -0.469 e. The van der Waals surface area contributed by atoms with Crippen molar-refractivity contribution >= 4 is 17.3 Å². The molecule has 1 fully saturated rings. The molecule has 4 nitrogen and oxygen atoms in total. The molecule has 0 unspecified atom stereocenters. The van der Waals surface area contributed by atoms with Crippen molar-refractivity contribution in [3.05, 3.63) is 23.3 Å². The lowest BCUT2D eigenvalue weighted by molar-refractivity contribution is -0.139. The van der Waals surface area contributed by atoms with Crippen molar-refractivity contribution in [1.82, 2.24) is 0 Å². The summed E-state index contributed by atoms with van der Waals surface area (Å²) in [4.78, 5) is 11.4. The van der Waals surface area contributed by atoms with Crippen molar-refractivity contribution in [3.63, 3.8) is 0 Å². The Kier molecular flexibility index (Phi) is 4.99. The van der Waals surface area contributed by atoms with Crippen LogP contribution < -0.4 is 11.1 Å². The number of nitrogen functional groups attached to an aromatic ring is 1. The van der Waals surface area contributed by atoms with Crippen LogP contribution in [0.4, 0.5) is 11.4 Å². The molecule has 1 aliphatic rings. The number of ether oxygens (including phenoxy) is 1. The molecule has 2 rings (SSSR count). The quantitative estimate of drug-likeness (QED) is 0.658. The Bertz CT molecular complexity index is 552. The second-order valence-corrected chi connectivity index (χ2v) is 7.22. The molecule has 0 saturated heterocycles. The van der Waals surface area contributed by atoms with Gasteiger partial charge in [0.25, 0.3) is 0 Å². The zero-order valence-electron chi connectivity index (χ0n) is 14.2. The van der Waals surface area contributed by atoms with Gasteiger partial charge in [0.1, 0.15) is 0 Å². The summed E-state index contributed by atoms with van der Waals surface area (Å²) >= 11 is 0. The highest BCUT2D eigenvalue weighted by Crippen LogP contribution is 2.37. The number of nitrogens with two attached hydrogens (primary N) is 1. The number of carbonyl (C=O) groups excluding carboxylic acids is 1. The highest BCUT2D eigenvalue weighted by atomic mass is 16.5. The van der Waals surface area contributed by atoms with E-state index in [1.165, 1.54) is 26.4 Å². The number of nitrogens with one attached hydrogen (secondary N) is 1. The molecule has 0 radical (unpaired) electrons. The van der Waals surface area contributed by atoms with E-state index < -0.39 is 0 Å². The fraction of sp³-hybridized carbons (Fsp3) is 0.611. The Morgan fingerprint density at radius 1 is 1.45 bits per heavy atom. The van der Waals surface area contributed by atoms with Gasteiger partial charge >= 0.3 is 5.97 Å². The number of benzene rings is 1. The number of esters is 1. The SMILES string of the molecule is COC(=O)Cc1cc(N)c(N[C@H]2CCCC(C)(C)C2)cc1C. The lowest BCUT2D eigenvalue weighted by Gasteiger charge is -2.36. The van der Waals surface area contributed by atoms with Gasteiger partial charge in [-0.1, -0.05) is 20.3 Å². The topological polar surface area (TPSA) is 64.3 Å². The van der Waals surface area contributed by atoms with E-state index in [0.29, 0.717) is 17.1 Å². The number of carbonyl (C=O) groups is 1. The Hall–Kier alpha value is -1.71. The predicted molar refractivity (Wildman–Crippen MR) is 91.0 cm³/mol. The summed E-state index contributed by atoms with van der Waals surface area (Å²) < 4.78 is 4.73. The maximum atomic E-state index is 11.4. The van der Waals surface area contributed by atoms with Crippen molar-refractivity contribution in [2.45, 2.75) is 58.9 Å². The lowest BCUT2D eigenvalue weighted by Crippen LogP contribution is -2.32. The monoisotopic (exact) mass is 304 g/mol. The molecule has 0 heterocycles. The van der Waals surface area contributed by atoms with Gasteiger partial charge < -0.3 is 15.8 Å². The third-order valence-corrected chi connectivity index (χ3v) is 4.64. The molecule has 0 bridgehead atoms. The standard InChI is InChI=1S/C18H28N2O2/c1-12-8-16(15(19)9-13(12)10-17(21)22-4)20-14-6-5-7-18(2,3)11-14/h8-9,14,20H,5-7,10-11,19H2,1-4H3/t14-/m0/s1. The van der Waals surface area contributed by atoms with Gasteiger partial charge in [-0.15, -0.1) is 0 Å². The van der Waals surface area contributed by atoms with Crippen molar-refractivity contribution in [2.24, 2.45) is 5.41 Å². The Morgan fingerprint density at radius 2 is 2.18 bits per heavy atom. The largest absolute Gasteiger partial charge is 0.469 e. The van der Waals surface area contributed by atoms with E-state index in [1.807, 2.05) is 13.0 Å². The number of anilines is 2. The summed E-state index contributed by atoms with van der Waals surface area (Å²) in [5, 5.41) is 3.60. The smallest absolute Gasteiger partial charge is 0.309 e. The highest BCUT2D eigenvalue weighted by molar-refractivity contribution is 5.76. The highest BCUT2D eigenvalue weighted by Gasteiger charge is 2.28. The number of hydrogen-bond donors (Lipinski definition) is 2. The zero-order valence-corrected chi connectivity index (χ0v) is 14.2. The van der Waals surface area contributed by atoms with Gasteiger partial charge in [0.05, 0.1) is 24.9 Å². The van der Waals surface area contributed by atoms with Crippen LogP contribution in [0.25, 0.3) is 0 Å². The summed E-state index contributed by atoms with van der Waals surface area (Å²) in [6.45, 7) is 6.66. The number of aryl methyl sites for hydroxylation is 1. The molecule has 1 aromatic rings. The van der Waals surface area contributed by atoms with Gasteiger partial charge in [-0.2, -0.15) is 0 Å². The van der Waals surface area contributed by atoms with E-state index in [9.17, 15) is 4.79 Å². The predicted octanol–water partition coefficient (Wildman–Crippen LogP) is 3.67. The molecule has 0 aromatic heterocycles. The van der Waals surface area contributed by atoms with E-state index in [2.05, 4.69) is 25.2 Å². The number of methoxy groups -OCH3 is 1. The maximum Gasteiger partial charge on any atom is 0.309 e. The maximum absolute atomic E-state index is 11.4. The molecule has 0 amide bonds. The lowest BCUT2D eigenvalue weighted by atomic mass is 9.75. The molecule has 4 heteroatoms. The van der Waals surface area contributed by atoms with E-state index in [1.54, 1.807) is 0 Å². The fourth-order valence-electron chi connectivity index (χ4n) is 3.36. The van der Waals surface area contributed by atoms with Crippen LogP contribution in [-0.2, 0) is 16.0 Å². The summed E-state index contributed by atoms with van der Waals surface area (Å²) in [5.74, 6) is -0.239. The van der Waals surface area contributed by atoms with Crippen molar-refractivity contribution in [2.75, 3.05) is 18.2 Å². The normalized spacial score (nSPS) is 20.5. The number of rotatable bonds is 4. The van der Waals surface area contributed by atoms with Gasteiger partial charge in [-0.3, -0.25) is 4.79 Å². The average Bonchev–Trinajstić information content (AvgIpc) is 2.43. The molecule has 122 valence electrons. The van der Waals surface area contributed by atoms with Gasteiger partial charge in [0.2, 0.25) is 0 Å². The van der Waals surface area contributed by atoms with Crippen LogP contribution in [0.15, 0.2) is 12.1 Å². The van der Waals surface area contributed by atoms with Gasteiger partial charge in [-0.25, -0.2) is 0 Å². The second-order valence-electron chi connectivity index (χ2n) is 7.22. The van der Waals surface area contributed by atoms with Crippen LogP contribution in [0.2, 0.25) is 0 Å². The Morgan fingerprint density at radius 3 is 2.82 bits per heavy atom. The van der Waals surface area contributed by atoms with E-state index in [0.717, 1.165) is 23.2 Å². The molecule has 3 N–H and O–H groups in total. The van der Waals surface area contributed by atoms with Gasteiger partial charge in [0.15, 0.2) is 0 Å². The molecule has 1 aliphatic carbocycles. The summed E-state index contributed by atoms with van der Waals surface area (Å²) in [6, 6.07) is 4.41. The molecule has 1 aromatic carbocycles. The summed E-state index contributed by atoms with van der Waals surface area (Å²) in [7, 11) is 1.40. The van der Waals surface area contributed by atoms with Crippen LogP contribution in [0.5, 0.6) is 0 Å². The minimum atomic E-state index is -0.239. The zero-order chi connectivity index (χ0) is 16.3. The summed E-state index contributed by atoms with van der Waals surface area (Å²) in [6.07, 6.45) is 5.16. The van der Waals surface area contributed by atoms with E-state index in [4.69, 9.17) is 10.5 Å². The van der Waals surface area contributed by atoms with Crippen LogP contribution in [0.1, 0.15) is 50.7 Å². The molecular formula is C18H28N2O2. The van der Waals surface area contributed by atoms with Crippen LogP contribution in [0.3, 0.4) is 0 Å². The van der Waals surface area contributed by atoms with Crippen molar-refractivity contribution < 1.29 is 9.53 Å². The van der Waals surface area contributed by atoms with Crippen molar-refractivity contribution in [1.29, 1.82) is 0 Å². The van der Waals surface area contributed by atoms with E-state index in [-0.39, 0.29) is 12.4 Å². The molecule has 22 heavy (non-hydrogen) atoms. The molecule has 0 spiro atoms. The van der Waals surface area contributed by atoms with Gasteiger partial charge in [-0.05, 0) is 54.9 Å². The van der Waals surface area contributed by atoms with Crippen LogP contribution >= 0.6 is 0 Å². The molecule has 0 aliphatic heterocycles. The third kappa shape index (κ3) is 4.15. The molecular weight excluding hydrogens is 276 g/mol. The average molecular weight is 304 g/mol. The van der Waals surface area contributed by atoms with Gasteiger partial charge in [0, 0.05) is 6.04 Å².